The quantitative estimate of drug-likeness (QED) is 0.828. The number of aromatic carboxylic acids is 1. The number of nitrogens with zero attached hydrogens (tertiary/aromatic N) is 3. The third kappa shape index (κ3) is 2.25. The minimum absolute atomic E-state index is 0.233. The van der Waals surface area contributed by atoms with Crippen LogP contribution in [0.15, 0.2) is 35.6 Å². The van der Waals surface area contributed by atoms with Crippen LogP contribution in [0.25, 0.3) is 0 Å². The molecule has 0 amide bonds. The first-order valence-corrected chi connectivity index (χ1v) is 4.97. The molecule has 1 N–H and O–H groups in total. The Morgan fingerprint density at radius 2 is 2.29 bits per heavy atom. The lowest BCUT2D eigenvalue weighted by Crippen LogP contribution is -2.26. The van der Waals surface area contributed by atoms with Crippen LogP contribution in [0.4, 0.5) is 0 Å². The Hall–Kier alpha value is -2.37. The van der Waals surface area contributed by atoms with E-state index in [4.69, 9.17) is 5.11 Å². The molecule has 0 radical (unpaired) electrons. The Balaban J connectivity index is 2.37. The molecule has 0 aliphatic rings. The first-order valence-electron chi connectivity index (χ1n) is 4.97. The van der Waals surface area contributed by atoms with E-state index >= 15 is 0 Å². The summed E-state index contributed by atoms with van der Waals surface area (Å²) in [7, 11) is 1.83. The molecule has 2 aromatic heterocycles. The van der Waals surface area contributed by atoms with E-state index in [0.717, 1.165) is 0 Å². The predicted molar refractivity (Wildman–Crippen MR) is 60.0 cm³/mol. The fourth-order valence-electron chi connectivity index (χ4n) is 1.55. The van der Waals surface area contributed by atoms with Gasteiger partial charge in [0.2, 0.25) is 0 Å². The van der Waals surface area contributed by atoms with Gasteiger partial charge in [0.25, 0.3) is 5.56 Å². The summed E-state index contributed by atoms with van der Waals surface area (Å²) in [6.07, 6.45) is 4.95. The standard InChI is InChI=1S/C11H11N3O3/c1-13-5-8(12-7-13)6-14-4-2-3-9(10(14)15)11(16)17/h2-5,7H,6H2,1H3,(H,16,17). The third-order valence-corrected chi connectivity index (χ3v) is 2.34. The average Bonchev–Trinajstić information content (AvgIpc) is 2.67. The molecule has 88 valence electrons. The van der Waals surface area contributed by atoms with Gasteiger partial charge in [0.1, 0.15) is 5.56 Å². The summed E-state index contributed by atoms with van der Waals surface area (Å²) in [6.45, 7) is 0.265. The molecule has 0 aromatic carbocycles. The molecular weight excluding hydrogens is 222 g/mol. The summed E-state index contributed by atoms with van der Waals surface area (Å²) >= 11 is 0. The van der Waals surface area contributed by atoms with Crippen molar-refractivity contribution in [1.29, 1.82) is 0 Å². The summed E-state index contributed by atoms with van der Waals surface area (Å²) in [5.74, 6) is -1.22. The summed E-state index contributed by atoms with van der Waals surface area (Å²) in [4.78, 5) is 26.6. The smallest absolute Gasteiger partial charge is 0.341 e. The fourth-order valence-corrected chi connectivity index (χ4v) is 1.55. The van der Waals surface area contributed by atoms with Crippen molar-refractivity contribution in [3.63, 3.8) is 0 Å². The maximum absolute atomic E-state index is 11.8. The van der Waals surface area contributed by atoms with Crippen LogP contribution in [-0.4, -0.2) is 25.2 Å². The van der Waals surface area contributed by atoms with Crippen molar-refractivity contribution < 1.29 is 9.90 Å². The summed E-state index contributed by atoms with van der Waals surface area (Å²) in [6, 6.07) is 2.83. The highest BCUT2D eigenvalue weighted by atomic mass is 16.4. The van der Waals surface area contributed by atoms with Crippen LogP contribution in [0.5, 0.6) is 0 Å². The summed E-state index contributed by atoms with van der Waals surface area (Å²) in [5.41, 5.74) is -0.0498. The van der Waals surface area contributed by atoms with Crippen LogP contribution in [-0.2, 0) is 13.6 Å². The molecule has 0 atom stereocenters. The Kier molecular flexibility index (Phi) is 2.78. The second-order valence-corrected chi connectivity index (χ2v) is 3.69. The molecule has 6 heteroatoms. The van der Waals surface area contributed by atoms with E-state index in [2.05, 4.69) is 4.98 Å². The van der Waals surface area contributed by atoms with Gasteiger partial charge in [-0.05, 0) is 12.1 Å². The van der Waals surface area contributed by atoms with Gasteiger partial charge in [-0.1, -0.05) is 0 Å². The number of aryl methyl sites for hydroxylation is 1. The van der Waals surface area contributed by atoms with E-state index in [0.29, 0.717) is 5.69 Å². The number of hydrogen-bond donors (Lipinski definition) is 1. The summed E-state index contributed by atoms with van der Waals surface area (Å²) < 4.78 is 3.09. The number of aromatic nitrogens is 3. The van der Waals surface area contributed by atoms with E-state index in [9.17, 15) is 9.59 Å². The zero-order chi connectivity index (χ0) is 12.4. The maximum Gasteiger partial charge on any atom is 0.341 e. The molecule has 0 unspecified atom stereocenters. The number of hydrogen-bond acceptors (Lipinski definition) is 3. The maximum atomic E-state index is 11.8. The van der Waals surface area contributed by atoms with Crippen molar-refractivity contribution in [1.82, 2.24) is 14.1 Å². The number of carbonyl (C=O) groups is 1. The number of carboxylic acids is 1. The van der Waals surface area contributed by atoms with Gasteiger partial charge in [-0.2, -0.15) is 0 Å². The van der Waals surface area contributed by atoms with Gasteiger partial charge in [-0.3, -0.25) is 4.79 Å². The molecule has 2 heterocycles. The number of rotatable bonds is 3. The summed E-state index contributed by atoms with van der Waals surface area (Å²) in [5, 5.41) is 8.83. The van der Waals surface area contributed by atoms with Gasteiger partial charge in [0, 0.05) is 19.4 Å². The SMILES string of the molecule is Cn1cnc(Cn2cccc(C(=O)O)c2=O)c1. The van der Waals surface area contributed by atoms with Crippen molar-refractivity contribution >= 4 is 5.97 Å². The third-order valence-electron chi connectivity index (χ3n) is 2.34. The first-order chi connectivity index (χ1) is 8.08. The average molecular weight is 233 g/mol. The molecule has 0 fully saturated rings. The van der Waals surface area contributed by atoms with E-state index in [1.807, 2.05) is 7.05 Å². The largest absolute Gasteiger partial charge is 0.477 e. The van der Waals surface area contributed by atoms with E-state index in [1.54, 1.807) is 23.3 Å². The molecule has 0 spiro atoms. The van der Waals surface area contributed by atoms with E-state index in [1.165, 1.54) is 16.7 Å². The fraction of sp³-hybridized carbons (Fsp3) is 0.182. The van der Waals surface area contributed by atoms with Crippen molar-refractivity contribution in [3.8, 4) is 0 Å². The van der Waals surface area contributed by atoms with Crippen LogP contribution in [0, 0.1) is 0 Å². The van der Waals surface area contributed by atoms with Crippen molar-refractivity contribution in [3.05, 3.63) is 52.5 Å². The van der Waals surface area contributed by atoms with Crippen molar-refractivity contribution in [2.45, 2.75) is 6.54 Å². The Morgan fingerprint density at radius 3 is 2.88 bits per heavy atom. The monoisotopic (exact) mass is 233 g/mol. The van der Waals surface area contributed by atoms with Gasteiger partial charge in [0.15, 0.2) is 0 Å². The molecule has 0 aliphatic heterocycles. The molecule has 0 saturated heterocycles. The van der Waals surface area contributed by atoms with Gasteiger partial charge in [-0.15, -0.1) is 0 Å². The molecule has 0 saturated carbocycles. The normalized spacial score (nSPS) is 10.4. The molecule has 0 aliphatic carbocycles. The van der Waals surface area contributed by atoms with E-state index in [-0.39, 0.29) is 12.1 Å². The number of pyridine rings is 1. The van der Waals surface area contributed by atoms with Crippen LogP contribution < -0.4 is 5.56 Å². The molecular formula is C11H11N3O3. The molecule has 17 heavy (non-hydrogen) atoms. The number of carboxylic acid groups (broad SMARTS) is 1. The van der Waals surface area contributed by atoms with Crippen molar-refractivity contribution in [2.24, 2.45) is 7.05 Å². The van der Waals surface area contributed by atoms with Gasteiger partial charge in [-0.25, -0.2) is 9.78 Å². The van der Waals surface area contributed by atoms with Gasteiger partial charge in [0.05, 0.1) is 18.6 Å². The van der Waals surface area contributed by atoms with Crippen molar-refractivity contribution in [2.75, 3.05) is 0 Å². The zero-order valence-electron chi connectivity index (χ0n) is 9.20. The minimum atomic E-state index is -1.22. The van der Waals surface area contributed by atoms with Crippen LogP contribution in [0.3, 0.4) is 0 Å². The highest BCUT2D eigenvalue weighted by molar-refractivity contribution is 5.86. The highest BCUT2D eigenvalue weighted by Gasteiger charge is 2.10. The molecule has 0 bridgehead atoms. The number of imidazole rings is 1. The minimum Gasteiger partial charge on any atom is -0.477 e. The van der Waals surface area contributed by atoms with Crippen LogP contribution in [0.2, 0.25) is 0 Å². The molecule has 2 rings (SSSR count). The van der Waals surface area contributed by atoms with Gasteiger partial charge >= 0.3 is 5.97 Å². The second kappa shape index (κ2) is 4.25. The highest BCUT2D eigenvalue weighted by Crippen LogP contribution is 1.98. The molecule has 6 nitrogen and oxygen atoms in total. The Labute approximate surface area is 96.8 Å². The Bertz CT molecular complexity index is 612. The van der Waals surface area contributed by atoms with Crippen LogP contribution >= 0.6 is 0 Å². The zero-order valence-corrected chi connectivity index (χ0v) is 9.20. The topological polar surface area (TPSA) is 77.1 Å². The lowest BCUT2D eigenvalue weighted by atomic mass is 10.3. The lowest BCUT2D eigenvalue weighted by Gasteiger charge is -2.03. The lowest BCUT2D eigenvalue weighted by molar-refractivity contribution is 0.0694. The molecule has 2 aromatic rings. The van der Waals surface area contributed by atoms with Gasteiger partial charge < -0.3 is 14.2 Å². The Morgan fingerprint density at radius 1 is 1.53 bits per heavy atom. The first kappa shape index (κ1) is 11.1. The van der Waals surface area contributed by atoms with Crippen LogP contribution in [0.1, 0.15) is 16.1 Å². The predicted octanol–water partition coefficient (Wildman–Crippen LogP) is 0.328. The van der Waals surface area contributed by atoms with E-state index < -0.39 is 11.5 Å². The second-order valence-electron chi connectivity index (χ2n) is 3.69.